The number of nitrogens with one attached hydrogen (secondary N) is 3. The second kappa shape index (κ2) is 10.5. The molecule has 2 fully saturated rings. The number of benzene rings is 1. The molecule has 1 saturated carbocycles. The van der Waals surface area contributed by atoms with Crippen molar-refractivity contribution in [3.63, 3.8) is 0 Å². The fraction of sp³-hybridized carbons (Fsp3) is 0.429. The Kier molecular flexibility index (Phi) is 7.15. The van der Waals surface area contributed by atoms with E-state index < -0.39 is 5.54 Å². The number of nitrogens with zero attached hydrogens (tertiary/aromatic N) is 2. The molecule has 3 heterocycles. The molecule has 1 aromatic carbocycles. The average molecular weight is 520 g/mol. The van der Waals surface area contributed by atoms with Gasteiger partial charge < -0.3 is 16.0 Å². The molecule has 0 atom stereocenters. The van der Waals surface area contributed by atoms with Gasteiger partial charge in [0, 0.05) is 30.7 Å². The highest BCUT2D eigenvalue weighted by molar-refractivity contribution is 7.12. The Morgan fingerprint density at radius 3 is 2.76 bits per heavy atom. The zero-order valence-electron chi connectivity index (χ0n) is 21.3. The number of anilines is 1. The SMILES string of the molecule is CC(C)CCN1C(=O)NC2(CCC(NC(=O)c3sccc3NCc3ccnc4ccccc34)CC2)C1=O. The Morgan fingerprint density at radius 2 is 1.97 bits per heavy atom. The molecule has 8 nitrogen and oxygen atoms in total. The monoisotopic (exact) mass is 519 g/mol. The summed E-state index contributed by atoms with van der Waals surface area (Å²) in [6, 6.07) is 11.6. The van der Waals surface area contributed by atoms with E-state index in [1.54, 1.807) is 6.20 Å². The summed E-state index contributed by atoms with van der Waals surface area (Å²) in [4.78, 5) is 45.1. The number of rotatable bonds is 8. The third kappa shape index (κ3) is 5.18. The van der Waals surface area contributed by atoms with Gasteiger partial charge in [-0.15, -0.1) is 11.3 Å². The lowest BCUT2D eigenvalue weighted by Crippen LogP contribution is -2.52. The van der Waals surface area contributed by atoms with E-state index in [4.69, 9.17) is 0 Å². The molecular weight excluding hydrogens is 486 g/mol. The maximum Gasteiger partial charge on any atom is 0.325 e. The molecule has 2 aromatic heterocycles. The minimum Gasteiger partial charge on any atom is -0.380 e. The summed E-state index contributed by atoms with van der Waals surface area (Å²) in [7, 11) is 0. The van der Waals surface area contributed by atoms with Crippen LogP contribution in [0.2, 0.25) is 0 Å². The second-order valence-electron chi connectivity index (χ2n) is 10.4. The first-order valence-electron chi connectivity index (χ1n) is 13.0. The zero-order valence-corrected chi connectivity index (χ0v) is 22.1. The number of hydrogen-bond donors (Lipinski definition) is 3. The van der Waals surface area contributed by atoms with E-state index in [2.05, 4.69) is 40.8 Å². The summed E-state index contributed by atoms with van der Waals surface area (Å²) in [6.07, 6.45) is 4.95. The highest BCUT2D eigenvalue weighted by atomic mass is 32.1. The van der Waals surface area contributed by atoms with Gasteiger partial charge in [-0.1, -0.05) is 32.0 Å². The smallest absolute Gasteiger partial charge is 0.325 e. The molecule has 0 bridgehead atoms. The quantitative estimate of drug-likeness (QED) is 0.367. The Balaban J connectivity index is 1.18. The van der Waals surface area contributed by atoms with E-state index in [0.29, 0.717) is 49.6 Å². The lowest BCUT2D eigenvalue weighted by atomic mass is 9.79. The van der Waals surface area contributed by atoms with Gasteiger partial charge in [-0.05, 0) is 67.2 Å². The van der Waals surface area contributed by atoms with Gasteiger partial charge in [0.1, 0.15) is 10.4 Å². The number of para-hydroxylation sites is 1. The van der Waals surface area contributed by atoms with Crippen LogP contribution in [-0.4, -0.2) is 45.9 Å². The van der Waals surface area contributed by atoms with Crippen LogP contribution in [0.3, 0.4) is 0 Å². The topological polar surface area (TPSA) is 103 Å². The van der Waals surface area contributed by atoms with Gasteiger partial charge >= 0.3 is 6.03 Å². The van der Waals surface area contributed by atoms with Crippen molar-refractivity contribution in [1.29, 1.82) is 0 Å². The number of amides is 4. The van der Waals surface area contributed by atoms with E-state index >= 15 is 0 Å². The Labute approximate surface area is 220 Å². The molecule has 1 aliphatic carbocycles. The summed E-state index contributed by atoms with van der Waals surface area (Å²) in [5.41, 5.74) is 2.04. The molecule has 1 spiro atoms. The number of urea groups is 1. The Hall–Kier alpha value is -3.46. The molecule has 194 valence electrons. The van der Waals surface area contributed by atoms with Crippen LogP contribution in [0, 0.1) is 5.92 Å². The van der Waals surface area contributed by atoms with Gasteiger partial charge in [-0.3, -0.25) is 19.5 Å². The molecule has 4 amide bonds. The van der Waals surface area contributed by atoms with Gasteiger partial charge in [0.25, 0.3) is 11.8 Å². The number of thiophene rings is 1. The fourth-order valence-corrected chi connectivity index (χ4v) is 6.01. The van der Waals surface area contributed by atoms with Crippen molar-refractivity contribution in [2.24, 2.45) is 5.92 Å². The van der Waals surface area contributed by atoms with E-state index in [0.717, 1.165) is 28.6 Å². The molecule has 1 aliphatic heterocycles. The standard InChI is InChI=1S/C28H33N5O3S/c1-18(2)10-15-33-26(35)28(32-27(33)36)12-7-20(8-13-28)31-25(34)24-23(11-16-37-24)30-17-19-9-14-29-22-6-4-3-5-21(19)22/h3-6,9,11,14,16,18,20,30H,7-8,10,12-13,15,17H2,1-2H3,(H,31,34)(H,32,36). The van der Waals surface area contributed by atoms with Crippen molar-refractivity contribution in [1.82, 2.24) is 20.5 Å². The van der Waals surface area contributed by atoms with E-state index in [-0.39, 0.29) is 23.9 Å². The third-order valence-electron chi connectivity index (χ3n) is 7.43. The van der Waals surface area contributed by atoms with Crippen LogP contribution >= 0.6 is 11.3 Å². The summed E-state index contributed by atoms with van der Waals surface area (Å²) >= 11 is 1.41. The zero-order chi connectivity index (χ0) is 26.0. The first-order chi connectivity index (χ1) is 17.9. The normalized spacial score (nSPS) is 21.6. The largest absolute Gasteiger partial charge is 0.380 e. The molecular formula is C28H33N5O3S. The number of imide groups is 1. The van der Waals surface area contributed by atoms with E-state index in [1.165, 1.54) is 16.2 Å². The van der Waals surface area contributed by atoms with Crippen molar-refractivity contribution >= 4 is 45.8 Å². The van der Waals surface area contributed by atoms with Crippen LogP contribution < -0.4 is 16.0 Å². The molecule has 0 unspecified atom stereocenters. The van der Waals surface area contributed by atoms with Gasteiger partial charge in [0.05, 0.1) is 11.2 Å². The van der Waals surface area contributed by atoms with Crippen molar-refractivity contribution in [3.8, 4) is 0 Å². The van der Waals surface area contributed by atoms with Crippen LogP contribution in [0.25, 0.3) is 10.9 Å². The minimum atomic E-state index is -0.821. The predicted octanol–water partition coefficient (Wildman–Crippen LogP) is 4.92. The fourth-order valence-electron chi connectivity index (χ4n) is 5.24. The Bertz CT molecular complexity index is 1310. The van der Waals surface area contributed by atoms with Crippen molar-refractivity contribution in [2.75, 3.05) is 11.9 Å². The molecule has 3 N–H and O–H groups in total. The maximum absolute atomic E-state index is 13.2. The predicted molar refractivity (Wildman–Crippen MR) is 146 cm³/mol. The van der Waals surface area contributed by atoms with Crippen LogP contribution in [0.4, 0.5) is 10.5 Å². The summed E-state index contributed by atoms with van der Waals surface area (Å²) in [6.45, 7) is 5.20. The third-order valence-corrected chi connectivity index (χ3v) is 8.34. The molecule has 1 saturated heterocycles. The van der Waals surface area contributed by atoms with Crippen LogP contribution in [0.5, 0.6) is 0 Å². The molecule has 3 aromatic rings. The summed E-state index contributed by atoms with van der Waals surface area (Å²) in [5.74, 6) is 0.193. The lowest BCUT2D eigenvalue weighted by molar-refractivity contribution is -0.132. The van der Waals surface area contributed by atoms with Crippen molar-refractivity contribution in [3.05, 3.63) is 58.4 Å². The van der Waals surface area contributed by atoms with Crippen LogP contribution in [0.1, 0.15) is 61.2 Å². The van der Waals surface area contributed by atoms with Crippen LogP contribution in [0.15, 0.2) is 48.0 Å². The van der Waals surface area contributed by atoms with E-state index in [1.807, 2.05) is 35.7 Å². The molecule has 0 radical (unpaired) electrons. The van der Waals surface area contributed by atoms with Crippen molar-refractivity contribution in [2.45, 2.75) is 64.1 Å². The number of carbonyl (C=O) groups is 3. The van der Waals surface area contributed by atoms with E-state index in [9.17, 15) is 14.4 Å². The maximum atomic E-state index is 13.2. The summed E-state index contributed by atoms with van der Waals surface area (Å²) in [5, 5.41) is 12.5. The summed E-state index contributed by atoms with van der Waals surface area (Å²) < 4.78 is 0. The molecule has 37 heavy (non-hydrogen) atoms. The van der Waals surface area contributed by atoms with Gasteiger partial charge in [-0.2, -0.15) is 0 Å². The number of hydrogen-bond acceptors (Lipinski definition) is 6. The molecule has 2 aliphatic rings. The van der Waals surface area contributed by atoms with Gasteiger partial charge in [0.2, 0.25) is 0 Å². The number of pyridine rings is 1. The average Bonchev–Trinajstić information content (AvgIpc) is 3.45. The number of fused-ring (bicyclic) bond motifs is 1. The van der Waals surface area contributed by atoms with Crippen LogP contribution in [-0.2, 0) is 11.3 Å². The first-order valence-corrected chi connectivity index (χ1v) is 13.8. The lowest BCUT2D eigenvalue weighted by Gasteiger charge is -2.35. The van der Waals surface area contributed by atoms with Gasteiger partial charge in [0.15, 0.2) is 0 Å². The van der Waals surface area contributed by atoms with Crippen molar-refractivity contribution < 1.29 is 14.4 Å². The first kappa shape index (κ1) is 25.2. The number of carbonyl (C=O) groups excluding carboxylic acids is 3. The highest BCUT2D eigenvalue weighted by Gasteiger charge is 2.52. The highest BCUT2D eigenvalue weighted by Crippen LogP contribution is 2.35. The second-order valence-corrected chi connectivity index (χ2v) is 11.3. The Morgan fingerprint density at radius 1 is 1.19 bits per heavy atom. The molecule has 9 heteroatoms. The number of aromatic nitrogens is 1. The van der Waals surface area contributed by atoms with Gasteiger partial charge in [-0.25, -0.2) is 4.79 Å². The minimum absolute atomic E-state index is 0.0355. The molecule has 5 rings (SSSR count).